The van der Waals surface area contributed by atoms with E-state index in [1.54, 1.807) is 54.6 Å². The predicted octanol–water partition coefficient (Wildman–Crippen LogP) is 5.70. The number of hydrogen-bond donors (Lipinski definition) is 2. The first-order valence-electron chi connectivity index (χ1n) is 11.8. The van der Waals surface area contributed by atoms with Crippen LogP contribution in [0.15, 0.2) is 82.4 Å². The van der Waals surface area contributed by atoms with Gasteiger partial charge in [-0.3, -0.25) is 9.36 Å². The maximum absolute atomic E-state index is 14.7. The number of nitrogens with one attached hydrogen (secondary N) is 2. The van der Waals surface area contributed by atoms with Gasteiger partial charge in [0.2, 0.25) is 0 Å². The quantitative estimate of drug-likeness (QED) is 0.259. The number of halogens is 3. The van der Waals surface area contributed by atoms with Crippen molar-refractivity contribution in [1.29, 1.82) is 0 Å². The molecule has 5 rings (SSSR count). The minimum atomic E-state index is -0.805. The minimum Gasteiger partial charge on any atom is -0.341 e. The molecule has 0 aliphatic rings. The number of para-hydroxylation sites is 1. The number of aromatic nitrogens is 2. The predicted molar refractivity (Wildman–Crippen MR) is 150 cm³/mol. The molecule has 2 heterocycles. The highest BCUT2D eigenvalue weighted by atomic mass is 35.5. The number of urea groups is 1. The maximum atomic E-state index is 14.7. The lowest BCUT2D eigenvalue weighted by molar-refractivity contribution is 0.254. The Morgan fingerprint density at radius 1 is 0.923 bits per heavy atom. The largest absolute Gasteiger partial charge is 0.341 e. The number of rotatable bonds is 6. The van der Waals surface area contributed by atoms with Crippen molar-refractivity contribution in [2.45, 2.75) is 12.4 Å². The van der Waals surface area contributed by atoms with Crippen LogP contribution in [-0.2, 0) is 12.4 Å². The van der Waals surface area contributed by atoms with Crippen molar-refractivity contribution in [2.24, 2.45) is 0 Å². The molecule has 39 heavy (non-hydrogen) atoms. The summed E-state index contributed by atoms with van der Waals surface area (Å²) in [5.41, 5.74) is 0.422. The Morgan fingerprint density at radius 2 is 1.59 bits per heavy atom. The first-order valence-corrected chi connectivity index (χ1v) is 13.1. The molecule has 2 amide bonds. The standard InChI is InChI=1S/C28H21ClF2N4O3S/c1-32-27(37)33-17-12-10-16(11-13-17)24-19(14-29)23-25(36)35(18-6-3-2-4-7-18)28(38)34(26(23)39-24)15-20-21(30)8-5-9-22(20)31/h2-13H,14-15H2,1H3,(H2,32,33,37). The summed E-state index contributed by atoms with van der Waals surface area (Å²) in [7, 11) is 1.50. The molecule has 3 aromatic carbocycles. The Kier molecular flexibility index (Phi) is 7.32. The van der Waals surface area contributed by atoms with E-state index in [-0.39, 0.29) is 27.7 Å². The highest BCUT2D eigenvalue weighted by Gasteiger charge is 2.24. The smallest absolute Gasteiger partial charge is 0.337 e. The van der Waals surface area contributed by atoms with E-state index in [4.69, 9.17) is 11.6 Å². The maximum Gasteiger partial charge on any atom is 0.337 e. The first kappa shape index (κ1) is 26.3. The Bertz CT molecular complexity index is 1800. The number of carbonyl (C=O) groups is 1. The molecule has 5 aromatic rings. The molecular weight excluding hydrogens is 546 g/mol. The van der Waals surface area contributed by atoms with Gasteiger partial charge in [0.05, 0.1) is 17.6 Å². The van der Waals surface area contributed by atoms with E-state index in [1.165, 1.54) is 17.7 Å². The van der Waals surface area contributed by atoms with Crippen LogP contribution in [0.1, 0.15) is 11.1 Å². The SMILES string of the molecule is CNC(=O)Nc1ccc(-c2sc3c(c2CCl)c(=O)n(-c2ccccc2)c(=O)n3Cc2c(F)cccc2F)cc1. The second kappa shape index (κ2) is 10.8. The summed E-state index contributed by atoms with van der Waals surface area (Å²) in [4.78, 5) is 40.1. The molecule has 0 unspecified atom stereocenters. The molecule has 198 valence electrons. The van der Waals surface area contributed by atoms with E-state index in [2.05, 4.69) is 10.6 Å². The van der Waals surface area contributed by atoms with Crippen LogP contribution in [0.3, 0.4) is 0 Å². The number of alkyl halides is 1. The highest BCUT2D eigenvalue weighted by molar-refractivity contribution is 7.22. The van der Waals surface area contributed by atoms with E-state index in [9.17, 15) is 23.2 Å². The van der Waals surface area contributed by atoms with Gasteiger partial charge in [-0.2, -0.15) is 0 Å². The Morgan fingerprint density at radius 3 is 2.21 bits per heavy atom. The molecule has 0 radical (unpaired) electrons. The van der Waals surface area contributed by atoms with Crippen molar-refractivity contribution in [1.82, 2.24) is 14.5 Å². The van der Waals surface area contributed by atoms with Crippen molar-refractivity contribution in [2.75, 3.05) is 12.4 Å². The van der Waals surface area contributed by atoms with Crippen molar-refractivity contribution >= 4 is 44.9 Å². The summed E-state index contributed by atoms with van der Waals surface area (Å²) in [6.07, 6.45) is 0. The zero-order valence-electron chi connectivity index (χ0n) is 20.5. The lowest BCUT2D eigenvalue weighted by Crippen LogP contribution is -2.39. The molecule has 11 heteroatoms. The summed E-state index contributed by atoms with van der Waals surface area (Å²) < 4.78 is 31.5. The van der Waals surface area contributed by atoms with Gasteiger partial charge in [0.15, 0.2) is 0 Å². The molecule has 2 N–H and O–H groups in total. The second-order valence-electron chi connectivity index (χ2n) is 8.55. The van der Waals surface area contributed by atoms with Crippen molar-refractivity contribution in [3.8, 4) is 16.1 Å². The molecule has 0 aliphatic carbocycles. The van der Waals surface area contributed by atoms with Crippen LogP contribution in [0.4, 0.5) is 19.3 Å². The molecule has 7 nitrogen and oxygen atoms in total. The molecule has 0 atom stereocenters. The van der Waals surface area contributed by atoms with Crippen LogP contribution in [-0.4, -0.2) is 22.2 Å². The number of thiophene rings is 1. The Labute approximate surface area is 229 Å². The van der Waals surface area contributed by atoms with Gasteiger partial charge in [-0.1, -0.05) is 36.4 Å². The van der Waals surface area contributed by atoms with E-state index in [1.807, 2.05) is 0 Å². The molecule has 0 fully saturated rings. The topological polar surface area (TPSA) is 85.1 Å². The molecule has 2 aromatic heterocycles. The highest BCUT2D eigenvalue weighted by Crippen LogP contribution is 2.38. The fourth-order valence-electron chi connectivity index (χ4n) is 4.31. The summed E-state index contributed by atoms with van der Waals surface area (Å²) in [6.45, 7) is -0.433. The average molecular weight is 567 g/mol. The number of nitrogens with zero attached hydrogens (tertiary/aromatic N) is 2. The van der Waals surface area contributed by atoms with E-state index < -0.39 is 29.4 Å². The van der Waals surface area contributed by atoms with Crippen LogP contribution in [0, 0.1) is 11.6 Å². The normalized spacial score (nSPS) is 11.1. The van der Waals surface area contributed by atoms with Gasteiger partial charge in [0.1, 0.15) is 16.5 Å². The third-order valence-corrected chi connectivity index (χ3v) is 7.80. The zero-order chi connectivity index (χ0) is 27.7. The van der Waals surface area contributed by atoms with Crippen LogP contribution in [0.25, 0.3) is 26.3 Å². The summed E-state index contributed by atoms with van der Waals surface area (Å²) in [6, 6.07) is 18.3. The van der Waals surface area contributed by atoms with Crippen LogP contribution in [0.2, 0.25) is 0 Å². The number of amides is 2. The lowest BCUT2D eigenvalue weighted by Gasteiger charge is -2.13. The van der Waals surface area contributed by atoms with Crippen LogP contribution >= 0.6 is 22.9 Å². The molecule has 0 aliphatic heterocycles. The number of anilines is 1. The average Bonchev–Trinajstić information content (AvgIpc) is 3.33. The van der Waals surface area contributed by atoms with Crippen molar-refractivity contribution in [3.63, 3.8) is 0 Å². The van der Waals surface area contributed by atoms with Gasteiger partial charge >= 0.3 is 11.7 Å². The van der Waals surface area contributed by atoms with E-state index >= 15 is 0 Å². The summed E-state index contributed by atoms with van der Waals surface area (Å²) in [5.74, 6) is -1.66. The van der Waals surface area contributed by atoms with Crippen molar-refractivity contribution < 1.29 is 13.6 Å². The number of fused-ring (bicyclic) bond motifs is 1. The van der Waals surface area contributed by atoms with E-state index in [0.717, 1.165) is 28.0 Å². The van der Waals surface area contributed by atoms with Gasteiger partial charge in [0.25, 0.3) is 5.56 Å². The van der Waals surface area contributed by atoms with Crippen molar-refractivity contribution in [3.05, 3.63) is 116 Å². The van der Waals surface area contributed by atoms with Gasteiger partial charge in [0, 0.05) is 34.6 Å². The van der Waals surface area contributed by atoms with Crippen LogP contribution in [0.5, 0.6) is 0 Å². The van der Waals surface area contributed by atoms with Gasteiger partial charge in [-0.05, 0) is 42.0 Å². The molecule has 0 saturated carbocycles. The fourth-order valence-corrected chi connectivity index (χ4v) is 5.97. The monoisotopic (exact) mass is 566 g/mol. The summed E-state index contributed by atoms with van der Waals surface area (Å²) in [5, 5.41) is 5.34. The molecule has 0 bridgehead atoms. The minimum absolute atomic E-state index is 0.0517. The number of carbonyl (C=O) groups excluding carboxylic acids is 1. The molecule has 0 saturated heterocycles. The third kappa shape index (κ3) is 4.84. The number of benzene rings is 3. The number of hydrogen-bond acceptors (Lipinski definition) is 4. The lowest BCUT2D eigenvalue weighted by atomic mass is 10.1. The molecular formula is C28H21ClF2N4O3S. The first-order chi connectivity index (χ1) is 18.8. The second-order valence-corrected chi connectivity index (χ2v) is 9.82. The van der Waals surface area contributed by atoms with Gasteiger partial charge < -0.3 is 10.6 Å². The Hall–Kier alpha value is -4.28. The van der Waals surface area contributed by atoms with E-state index in [0.29, 0.717) is 27.4 Å². The fraction of sp³-hybridized carbons (Fsp3) is 0.107. The third-order valence-electron chi connectivity index (χ3n) is 6.23. The Balaban J connectivity index is 1.78. The van der Waals surface area contributed by atoms with Gasteiger partial charge in [-0.15, -0.1) is 22.9 Å². The zero-order valence-corrected chi connectivity index (χ0v) is 22.1. The summed E-state index contributed by atoms with van der Waals surface area (Å²) >= 11 is 7.52. The van der Waals surface area contributed by atoms with Gasteiger partial charge in [-0.25, -0.2) is 22.9 Å². The molecule has 0 spiro atoms. The van der Waals surface area contributed by atoms with Crippen LogP contribution < -0.4 is 21.9 Å².